The quantitative estimate of drug-likeness (QED) is 0.381. The number of esters is 1. The lowest BCUT2D eigenvalue weighted by atomic mass is 10.1. The molecule has 3 aromatic carbocycles. The summed E-state index contributed by atoms with van der Waals surface area (Å²) in [4.78, 5) is 23.5. The number of rotatable bonds is 6. The number of ketones is 1. The molecular weight excluding hydrogens is 332 g/mol. The molecule has 5 heteroatoms. The molecule has 0 heterocycles. The molecule has 0 aliphatic heterocycles. The molecule has 5 nitrogen and oxygen atoms in total. The summed E-state index contributed by atoms with van der Waals surface area (Å²) < 4.78 is 16.0. The van der Waals surface area contributed by atoms with Crippen molar-refractivity contribution < 1.29 is 23.8 Å². The second-order valence-corrected chi connectivity index (χ2v) is 5.69. The number of Topliss-reactive ketones (excluding diaryl/α,β-unsaturated/α-hetero) is 1. The van der Waals surface area contributed by atoms with Gasteiger partial charge in [-0.15, -0.1) is 0 Å². The first kappa shape index (κ1) is 17.5. The predicted molar refractivity (Wildman–Crippen MR) is 98.1 cm³/mol. The summed E-state index contributed by atoms with van der Waals surface area (Å²) in [6.07, 6.45) is 0. The highest BCUT2D eigenvalue weighted by atomic mass is 16.6. The van der Waals surface area contributed by atoms with E-state index in [0.29, 0.717) is 22.8 Å². The molecule has 0 spiro atoms. The zero-order chi connectivity index (χ0) is 18.5. The Balaban J connectivity index is 1.65. The maximum absolute atomic E-state index is 12.1. The van der Waals surface area contributed by atoms with Crippen LogP contribution in [0.2, 0.25) is 0 Å². The van der Waals surface area contributed by atoms with E-state index in [1.54, 1.807) is 30.3 Å². The van der Waals surface area contributed by atoms with Crippen molar-refractivity contribution >= 4 is 22.5 Å². The highest BCUT2D eigenvalue weighted by molar-refractivity contribution is 5.94. The molecular formula is C21H18O5. The van der Waals surface area contributed by atoms with Gasteiger partial charge in [0.05, 0.1) is 7.11 Å². The van der Waals surface area contributed by atoms with E-state index < -0.39 is 5.97 Å². The molecule has 0 bridgehead atoms. The van der Waals surface area contributed by atoms with Gasteiger partial charge >= 0.3 is 5.97 Å². The molecule has 0 aliphatic carbocycles. The number of benzene rings is 3. The summed E-state index contributed by atoms with van der Waals surface area (Å²) >= 11 is 0. The third-order valence-electron chi connectivity index (χ3n) is 3.87. The van der Waals surface area contributed by atoms with Crippen molar-refractivity contribution in [3.63, 3.8) is 0 Å². The van der Waals surface area contributed by atoms with E-state index in [4.69, 9.17) is 14.2 Å². The number of carbonyl (C=O) groups is 2. The van der Waals surface area contributed by atoms with Crippen molar-refractivity contribution in [3.05, 3.63) is 66.2 Å². The van der Waals surface area contributed by atoms with Crippen molar-refractivity contribution in [1.29, 1.82) is 0 Å². The molecule has 3 aromatic rings. The van der Waals surface area contributed by atoms with Crippen LogP contribution in [0.15, 0.2) is 60.7 Å². The summed E-state index contributed by atoms with van der Waals surface area (Å²) in [5.41, 5.74) is 0.507. The molecule has 132 valence electrons. The van der Waals surface area contributed by atoms with Gasteiger partial charge in [0.2, 0.25) is 0 Å². The Labute approximate surface area is 151 Å². The standard InChI is InChI=1S/C21H18O5/c1-14(22)16-8-10-19(20(12-16)24-2)25-13-21(23)26-18-9-7-15-5-3-4-6-17(15)11-18/h3-12H,13H2,1-2H3. The highest BCUT2D eigenvalue weighted by Gasteiger charge is 2.12. The van der Waals surface area contributed by atoms with E-state index in [-0.39, 0.29) is 12.4 Å². The smallest absolute Gasteiger partial charge is 0.349 e. The lowest BCUT2D eigenvalue weighted by Gasteiger charge is -2.11. The minimum Gasteiger partial charge on any atom is -0.493 e. The molecule has 0 fully saturated rings. The van der Waals surface area contributed by atoms with Crippen molar-refractivity contribution in [3.8, 4) is 17.2 Å². The summed E-state index contributed by atoms with van der Waals surface area (Å²) in [5, 5.41) is 2.05. The number of carbonyl (C=O) groups excluding carboxylic acids is 2. The topological polar surface area (TPSA) is 61.8 Å². The number of hydrogen-bond acceptors (Lipinski definition) is 5. The summed E-state index contributed by atoms with van der Waals surface area (Å²) in [6.45, 7) is 1.19. The largest absolute Gasteiger partial charge is 0.493 e. The second kappa shape index (κ2) is 7.70. The van der Waals surface area contributed by atoms with Crippen LogP contribution in [0.25, 0.3) is 10.8 Å². The Morgan fingerprint density at radius 2 is 1.65 bits per heavy atom. The van der Waals surface area contributed by atoms with Crippen LogP contribution in [-0.4, -0.2) is 25.5 Å². The molecule has 0 saturated carbocycles. The van der Waals surface area contributed by atoms with E-state index >= 15 is 0 Å². The van der Waals surface area contributed by atoms with E-state index in [1.165, 1.54) is 14.0 Å². The van der Waals surface area contributed by atoms with Crippen molar-refractivity contribution in [2.75, 3.05) is 13.7 Å². The Bertz CT molecular complexity index is 962. The van der Waals surface area contributed by atoms with Crippen molar-refractivity contribution in [2.45, 2.75) is 6.92 Å². The Morgan fingerprint density at radius 3 is 2.38 bits per heavy atom. The Kier molecular flexibility index (Phi) is 5.17. The van der Waals surface area contributed by atoms with E-state index in [9.17, 15) is 9.59 Å². The molecule has 3 rings (SSSR count). The fourth-order valence-electron chi connectivity index (χ4n) is 2.53. The third-order valence-corrected chi connectivity index (χ3v) is 3.87. The van der Waals surface area contributed by atoms with Crippen LogP contribution in [0.3, 0.4) is 0 Å². The lowest BCUT2D eigenvalue weighted by molar-refractivity contribution is -0.136. The van der Waals surface area contributed by atoms with E-state index in [0.717, 1.165) is 10.8 Å². The first-order chi connectivity index (χ1) is 12.6. The Hall–Kier alpha value is -3.34. The molecule has 0 N–H and O–H groups in total. The molecule has 0 saturated heterocycles. The van der Waals surface area contributed by atoms with Gasteiger partial charge < -0.3 is 14.2 Å². The van der Waals surface area contributed by atoms with Gasteiger partial charge in [0.1, 0.15) is 5.75 Å². The van der Waals surface area contributed by atoms with Crippen LogP contribution >= 0.6 is 0 Å². The van der Waals surface area contributed by atoms with E-state index in [2.05, 4.69) is 0 Å². The van der Waals surface area contributed by atoms with Crippen LogP contribution in [-0.2, 0) is 4.79 Å². The number of ether oxygens (including phenoxy) is 3. The van der Waals surface area contributed by atoms with Crippen LogP contribution in [0.1, 0.15) is 17.3 Å². The minimum absolute atomic E-state index is 0.0782. The van der Waals surface area contributed by atoms with Crippen LogP contribution in [0.4, 0.5) is 0 Å². The maximum Gasteiger partial charge on any atom is 0.349 e. The van der Waals surface area contributed by atoms with Gasteiger partial charge in [0.25, 0.3) is 0 Å². The van der Waals surface area contributed by atoms with Crippen LogP contribution in [0, 0.1) is 0 Å². The zero-order valence-electron chi connectivity index (χ0n) is 14.5. The third kappa shape index (κ3) is 4.00. The average Bonchev–Trinajstić information content (AvgIpc) is 2.66. The van der Waals surface area contributed by atoms with Gasteiger partial charge in [0.15, 0.2) is 23.9 Å². The summed E-state index contributed by atoms with van der Waals surface area (Å²) in [6, 6.07) is 18.0. The summed E-state index contributed by atoms with van der Waals surface area (Å²) in [5.74, 6) is 0.601. The lowest BCUT2D eigenvalue weighted by Crippen LogP contribution is -2.18. The molecule has 0 aliphatic rings. The van der Waals surface area contributed by atoms with Gasteiger partial charge in [-0.2, -0.15) is 0 Å². The second-order valence-electron chi connectivity index (χ2n) is 5.69. The fourth-order valence-corrected chi connectivity index (χ4v) is 2.53. The Morgan fingerprint density at radius 1 is 0.885 bits per heavy atom. The number of fused-ring (bicyclic) bond motifs is 1. The zero-order valence-corrected chi connectivity index (χ0v) is 14.5. The predicted octanol–water partition coefficient (Wildman–Crippen LogP) is 4.04. The maximum atomic E-state index is 12.1. The normalized spacial score (nSPS) is 10.4. The molecule has 0 unspecified atom stereocenters. The molecule has 0 radical (unpaired) electrons. The van der Waals surface area contributed by atoms with Gasteiger partial charge in [-0.25, -0.2) is 4.79 Å². The highest BCUT2D eigenvalue weighted by Crippen LogP contribution is 2.28. The average molecular weight is 350 g/mol. The van der Waals surface area contributed by atoms with E-state index in [1.807, 2.05) is 30.3 Å². The van der Waals surface area contributed by atoms with Gasteiger partial charge in [-0.3, -0.25) is 4.79 Å². The van der Waals surface area contributed by atoms with Crippen molar-refractivity contribution in [2.24, 2.45) is 0 Å². The van der Waals surface area contributed by atoms with Gasteiger partial charge in [-0.1, -0.05) is 30.3 Å². The molecule has 0 atom stereocenters. The number of methoxy groups -OCH3 is 1. The minimum atomic E-state index is -0.530. The van der Waals surface area contributed by atoms with Crippen LogP contribution < -0.4 is 14.2 Å². The first-order valence-electron chi connectivity index (χ1n) is 8.08. The SMILES string of the molecule is COc1cc(C(C)=O)ccc1OCC(=O)Oc1ccc2ccccc2c1. The van der Waals surface area contributed by atoms with Crippen molar-refractivity contribution in [1.82, 2.24) is 0 Å². The monoisotopic (exact) mass is 350 g/mol. The number of hydrogen-bond donors (Lipinski definition) is 0. The molecule has 26 heavy (non-hydrogen) atoms. The van der Waals surface area contributed by atoms with Crippen LogP contribution in [0.5, 0.6) is 17.2 Å². The molecule has 0 aromatic heterocycles. The van der Waals surface area contributed by atoms with Gasteiger partial charge in [0, 0.05) is 5.56 Å². The molecule has 0 amide bonds. The van der Waals surface area contributed by atoms with Gasteiger partial charge in [-0.05, 0) is 48.0 Å². The first-order valence-corrected chi connectivity index (χ1v) is 8.08. The summed E-state index contributed by atoms with van der Waals surface area (Å²) in [7, 11) is 1.47. The fraction of sp³-hybridized carbons (Fsp3) is 0.143.